The Morgan fingerprint density at radius 2 is 1.93 bits per heavy atom. The van der Waals surface area contributed by atoms with Crippen LogP contribution < -0.4 is 5.73 Å². The quantitative estimate of drug-likeness (QED) is 0.663. The molecule has 1 heterocycles. The first-order valence-electron chi connectivity index (χ1n) is 5.51. The van der Waals surface area contributed by atoms with Gasteiger partial charge in [0.1, 0.15) is 0 Å². The van der Waals surface area contributed by atoms with Gasteiger partial charge in [-0.05, 0) is 25.5 Å². The number of nitrogens with two attached hydrogens (primary N) is 1. The second-order valence-electron chi connectivity index (χ2n) is 5.87. The van der Waals surface area contributed by atoms with Crippen molar-refractivity contribution in [1.82, 2.24) is 4.90 Å². The van der Waals surface area contributed by atoms with Crippen LogP contribution in [0.4, 0.5) is 0 Å². The van der Waals surface area contributed by atoms with Crippen molar-refractivity contribution in [2.24, 2.45) is 11.1 Å². The Morgan fingerprint density at radius 1 is 1.47 bits per heavy atom. The molecule has 1 aliphatic rings. The molecule has 0 saturated carbocycles. The summed E-state index contributed by atoms with van der Waals surface area (Å²) >= 11 is 0. The van der Waals surface area contributed by atoms with Gasteiger partial charge in [0.15, 0.2) is 0 Å². The van der Waals surface area contributed by atoms with Crippen molar-refractivity contribution in [2.45, 2.75) is 46.2 Å². The Morgan fingerprint density at radius 3 is 2.33 bits per heavy atom. The lowest BCUT2D eigenvalue weighted by Gasteiger charge is -2.48. The lowest BCUT2D eigenvalue weighted by molar-refractivity contribution is 0.186. The average molecular weight is 208 g/mol. The molecule has 0 spiro atoms. The summed E-state index contributed by atoms with van der Waals surface area (Å²) in [4.78, 5) is 2.27. The van der Waals surface area contributed by atoms with E-state index >= 15 is 0 Å². The summed E-state index contributed by atoms with van der Waals surface area (Å²) in [5.74, 6) is 0. The van der Waals surface area contributed by atoms with E-state index in [1.54, 1.807) is 0 Å². The van der Waals surface area contributed by atoms with E-state index in [0.717, 1.165) is 5.57 Å². The van der Waals surface area contributed by atoms with Crippen molar-refractivity contribution in [3.63, 3.8) is 0 Å². The molecule has 2 heteroatoms. The normalized spacial score (nSPS) is 33.0. The predicted molar refractivity (Wildman–Crippen MR) is 66.5 cm³/mol. The predicted octanol–water partition coefficient (Wildman–Crippen LogP) is 2.52. The highest BCUT2D eigenvalue weighted by molar-refractivity contribution is 5.38. The van der Waals surface area contributed by atoms with Gasteiger partial charge in [-0.15, -0.1) is 0 Å². The van der Waals surface area contributed by atoms with E-state index in [2.05, 4.69) is 52.3 Å². The number of nitrogens with zero attached hydrogens (tertiary/aromatic N) is 1. The van der Waals surface area contributed by atoms with Gasteiger partial charge in [0, 0.05) is 24.2 Å². The summed E-state index contributed by atoms with van der Waals surface area (Å²) in [6, 6.07) is 0.282. The minimum atomic E-state index is -0.330. The molecule has 0 aromatic heterocycles. The molecule has 1 aliphatic heterocycles. The maximum Gasteiger partial charge on any atom is 0.0579 e. The molecule has 0 aliphatic carbocycles. The number of hydrogen-bond acceptors (Lipinski definition) is 2. The first-order chi connectivity index (χ1) is 6.58. The number of allylic oxidation sites excluding steroid dienone is 1. The van der Waals surface area contributed by atoms with Crippen molar-refractivity contribution in [3.05, 3.63) is 23.9 Å². The van der Waals surface area contributed by atoms with Crippen LogP contribution in [-0.4, -0.2) is 23.5 Å². The van der Waals surface area contributed by atoms with E-state index in [9.17, 15) is 0 Å². The van der Waals surface area contributed by atoms with E-state index in [4.69, 9.17) is 5.73 Å². The molecule has 0 saturated heterocycles. The van der Waals surface area contributed by atoms with Crippen LogP contribution >= 0.6 is 0 Å². The Bertz CT molecular complexity index is 305. The Kier molecular flexibility index (Phi) is 2.77. The van der Waals surface area contributed by atoms with Gasteiger partial charge in [-0.1, -0.05) is 27.4 Å². The summed E-state index contributed by atoms with van der Waals surface area (Å²) in [5.41, 5.74) is 8.42. The minimum absolute atomic E-state index is 0.141. The maximum atomic E-state index is 6.27. The van der Waals surface area contributed by atoms with Crippen molar-refractivity contribution < 1.29 is 0 Å². The van der Waals surface area contributed by atoms with Crippen molar-refractivity contribution in [2.75, 3.05) is 7.05 Å². The highest BCUT2D eigenvalue weighted by Crippen LogP contribution is 2.37. The van der Waals surface area contributed by atoms with E-state index in [-0.39, 0.29) is 17.0 Å². The first kappa shape index (κ1) is 12.3. The number of likely N-dealkylation sites (N-methyl/N-ethyl adjacent to an activating group) is 1. The maximum absolute atomic E-state index is 6.27. The van der Waals surface area contributed by atoms with Crippen LogP contribution in [0.5, 0.6) is 0 Å². The molecular weight excluding hydrogens is 184 g/mol. The van der Waals surface area contributed by atoms with Gasteiger partial charge in [0.2, 0.25) is 0 Å². The molecule has 0 bridgehead atoms. The number of hydrogen-bond donors (Lipinski definition) is 1. The molecule has 86 valence electrons. The third-order valence-corrected chi connectivity index (χ3v) is 3.60. The minimum Gasteiger partial charge on any atom is -0.373 e. The van der Waals surface area contributed by atoms with Crippen LogP contribution in [0.3, 0.4) is 0 Å². The largest absolute Gasteiger partial charge is 0.373 e. The summed E-state index contributed by atoms with van der Waals surface area (Å²) in [6.45, 7) is 14.9. The molecule has 0 aromatic carbocycles. The fraction of sp³-hybridized carbons (Fsp3) is 0.692. The van der Waals surface area contributed by atoms with E-state index in [1.165, 1.54) is 5.70 Å². The third kappa shape index (κ3) is 1.96. The standard InChI is InChI=1S/C13H24N2/c1-9-8-11(12(3,4)5)15(7)10(2)13(9,6)14/h8,10H,1,14H2,2-7H3. The van der Waals surface area contributed by atoms with E-state index in [0.29, 0.717) is 0 Å². The zero-order valence-electron chi connectivity index (χ0n) is 10.9. The van der Waals surface area contributed by atoms with Crippen LogP contribution in [0.2, 0.25) is 0 Å². The van der Waals surface area contributed by atoms with Crippen molar-refractivity contribution >= 4 is 0 Å². The molecule has 2 nitrogen and oxygen atoms in total. The molecule has 1 rings (SSSR count). The van der Waals surface area contributed by atoms with Crippen molar-refractivity contribution in [1.29, 1.82) is 0 Å². The summed E-state index contributed by atoms with van der Waals surface area (Å²) in [6.07, 6.45) is 2.14. The molecule has 2 atom stereocenters. The van der Waals surface area contributed by atoms with Crippen LogP contribution in [0.25, 0.3) is 0 Å². The molecular formula is C13H24N2. The Balaban J connectivity index is 3.20. The van der Waals surface area contributed by atoms with Gasteiger partial charge in [0.25, 0.3) is 0 Å². The zero-order valence-corrected chi connectivity index (χ0v) is 10.9. The summed E-state index contributed by atoms with van der Waals surface area (Å²) < 4.78 is 0. The molecule has 0 amide bonds. The number of rotatable bonds is 0. The SMILES string of the molecule is C=C1C=C(C(C)(C)C)N(C)C(C)C1(C)N. The lowest BCUT2D eigenvalue weighted by Crippen LogP contribution is -2.58. The van der Waals surface area contributed by atoms with Gasteiger partial charge >= 0.3 is 0 Å². The molecule has 15 heavy (non-hydrogen) atoms. The van der Waals surface area contributed by atoms with Gasteiger partial charge in [0.05, 0.1) is 5.54 Å². The summed E-state index contributed by atoms with van der Waals surface area (Å²) in [7, 11) is 2.11. The van der Waals surface area contributed by atoms with Gasteiger partial charge in [-0.25, -0.2) is 0 Å². The second kappa shape index (κ2) is 3.38. The first-order valence-corrected chi connectivity index (χ1v) is 5.51. The van der Waals surface area contributed by atoms with Gasteiger partial charge in [-0.3, -0.25) is 0 Å². The lowest BCUT2D eigenvalue weighted by atomic mass is 9.77. The van der Waals surface area contributed by atoms with Crippen molar-refractivity contribution in [3.8, 4) is 0 Å². The molecule has 2 N–H and O–H groups in total. The highest BCUT2D eigenvalue weighted by Gasteiger charge is 2.39. The molecule has 0 fully saturated rings. The fourth-order valence-corrected chi connectivity index (χ4v) is 2.05. The smallest absolute Gasteiger partial charge is 0.0579 e. The van der Waals surface area contributed by atoms with Crippen LogP contribution in [0.15, 0.2) is 23.9 Å². The molecule has 0 aromatic rings. The van der Waals surface area contributed by atoms with Gasteiger partial charge < -0.3 is 10.6 Å². The van der Waals surface area contributed by atoms with E-state index < -0.39 is 0 Å². The zero-order chi connectivity index (χ0) is 12.0. The highest BCUT2D eigenvalue weighted by atomic mass is 15.2. The van der Waals surface area contributed by atoms with E-state index in [1.807, 2.05) is 6.92 Å². The topological polar surface area (TPSA) is 29.3 Å². The Hall–Kier alpha value is -0.760. The summed E-state index contributed by atoms with van der Waals surface area (Å²) in [5, 5.41) is 0. The molecule has 0 radical (unpaired) electrons. The van der Waals surface area contributed by atoms with Gasteiger partial charge in [-0.2, -0.15) is 0 Å². The average Bonchev–Trinajstić information content (AvgIpc) is 2.07. The second-order valence-corrected chi connectivity index (χ2v) is 5.87. The fourth-order valence-electron chi connectivity index (χ4n) is 2.05. The Labute approximate surface area is 93.8 Å². The van der Waals surface area contributed by atoms with Crippen LogP contribution in [-0.2, 0) is 0 Å². The van der Waals surface area contributed by atoms with Crippen LogP contribution in [0, 0.1) is 5.41 Å². The van der Waals surface area contributed by atoms with Crippen LogP contribution in [0.1, 0.15) is 34.6 Å². The monoisotopic (exact) mass is 208 g/mol. The molecule has 2 unspecified atom stereocenters. The third-order valence-electron chi connectivity index (χ3n) is 3.60.